The van der Waals surface area contributed by atoms with Gasteiger partial charge in [-0.2, -0.15) is 5.26 Å². The molecule has 2 rings (SSSR count). The maximum atomic E-state index is 12.3. The Morgan fingerprint density at radius 2 is 2.10 bits per heavy atom. The van der Waals surface area contributed by atoms with E-state index in [1.807, 2.05) is 6.07 Å². The molecule has 0 radical (unpaired) electrons. The number of anilines is 2. The number of nitriles is 1. The molecule has 6 nitrogen and oxygen atoms in total. The molecule has 0 atom stereocenters. The molecule has 0 fully saturated rings. The molecule has 21 heavy (non-hydrogen) atoms. The summed E-state index contributed by atoms with van der Waals surface area (Å²) in [4.78, 5) is 3.60. The summed E-state index contributed by atoms with van der Waals surface area (Å²) in [5, 5.41) is 8.86. The maximum absolute atomic E-state index is 12.3. The van der Waals surface area contributed by atoms with E-state index in [0.717, 1.165) is 0 Å². The molecule has 1 heterocycles. The summed E-state index contributed by atoms with van der Waals surface area (Å²) in [6.07, 6.45) is 1.39. The number of halogens is 2. The fraction of sp³-hybridized carbons (Fsp3) is 0. The second-order valence-corrected chi connectivity index (χ2v) is 6.92. The fourth-order valence-corrected chi connectivity index (χ4v) is 3.47. The van der Waals surface area contributed by atoms with Gasteiger partial charge in [0, 0.05) is 10.7 Å². The van der Waals surface area contributed by atoms with Gasteiger partial charge in [-0.1, -0.05) is 11.6 Å². The van der Waals surface area contributed by atoms with Crippen LogP contribution in [0.5, 0.6) is 0 Å². The third-order valence-corrected chi connectivity index (χ3v) is 4.62. The van der Waals surface area contributed by atoms with E-state index < -0.39 is 10.0 Å². The zero-order chi connectivity index (χ0) is 15.6. The van der Waals surface area contributed by atoms with Gasteiger partial charge in [-0.3, -0.25) is 4.72 Å². The van der Waals surface area contributed by atoms with Gasteiger partial charge in [0.05, 0.1) is 22.3 Å². The molecule has 0 spiro atoms. The van der Waals surface area contributed by atoms with Gasteiger partial charge in [0.1, 0.15) is 10.7 Å². The predicted molar refractivity (Wildman–Crippen MR) is 83.3 cm³/mol. The SMILES string of the molecule is N#Cc1ccc(NS(=O)(=O)c2cc(Br)cnc2N)c(Cl)c1. The Hall–Kier alpha value is -1.82. The van der Waals surface area contributed by atoms with Gasteiger partial charge in [0.25, 0.3) is 10.0 Å². The number of nitrogen functional groups attached to an aromatic ring is 1. The highest BCUT2D eigenvalue weighted by molar-refractivity contribution is 9.10. The van der Waals surface area contributed by atoms with Crippen LogP contribution in [0.25, 0.3) is 0 Å². The van der Waals surface area contributed by atoms with Crippen LogP contribution in [-0.2, 0) is 10.0 Å². The Bertz CT molecular complexity index is 849. The van der Waals surface area contributed by atoms with Crippen molar-refractivity contribution in [3.8, 4) is 6.07 Å². The number of hydrogen-bond donors (Lipinski definition) is 2. The van der Waals surface area contributed by atoms with Crippen LogP contribution >= 0.6 is 27.5 Å². The Labute approximate surface area is 134 Å². The predicted octanol–water partition coefficient (Wildman–Crippen LogP) is 2.75. The average molecular weight is 388 g/mol. The number of benzene rings is 1. The Balaban J connectivity index is 2.43. The van der Waals surface area contributed by atoms with Crippen LogP contribution in [-0.4, -0.2) is 13.4 Å². The monoisotopic (exact) mass is 386 g/mol. The molecule has 0 aliphatic rings. The molecular formula is C12H8BrClN4O2S. The summed E-state index contributed by atoms with van der Waals surface area (Å²) in [5.41, 5.74) is 6.06. The van der Waals surface area contributed by atoms with Crippen LogP contribution < -0.4 is 10.5 Å². The molecule has 3 N–H and O–H groups in total. The molecule has 9 heteroatoms. The lowest BCUT2D eigenvalue weighted by atomic mass is 10.2. The van der Waals surface area contributed by atoms with E-state index in [9.17, 15) is 8.42 Å². The van der Waals surface area contributed by atoms with Crippen LogP contribution in [0.15, 0.2) is 39.8 Å². The molecule has 0 bridgehead atoms. The number of aromatic nitrogens is 1. The highest BCUT2D eigenvalue weighted by Gasteiger charge is 2.20. The first-order valence-electron chi connectivity index (χ1n) is 5.47. The maximum Gasteiger partial charge on any atom is 0.265 e. The van der Waals surface area contributed by atoms with Gasteiger partial charge >= 0.3 is 0 Å². The van der Waals surface area contributed by atoms with Gasteiger partial charge in [0.15, 0.2) is 0 Å². The molecule has 1 aromatic carbocycles. The molecule has 0 amide bonds. The first kappa shape index (κ1) is 15.6. The standard InChI is InChI=1S/C12H8BrClN4O2S/c13-8-4-11(12(16)17-6-8)21(19,20)18-10-2-1-7(5-15)3-9(10)14/h1-4,6,18H,(H2,16,17). The summed E-state index contributed by atoms with van der Waals surface area (Å²) in [6, 6.07) is 7.46. The molecule has 0 saturated heterocycles. The van der Waals surface area contributed by atoms with Crippen molar-refractivity contribution in [3.05, 3.63) is 45.5 Å². The fourth-order valence-electron chi connectivity index (χ4n) is 1.51. The van der Waals surface area contributed by atoms with Crippen molar-refractivity contribution in [2.24, 2.45) is 0 Å². The van der Waals surface area contributed by atoms with Gasteiger partial charge in [-0.15, -0.1) is 0 Å². The van der Waals surface area contributed by atoms with Crippen molar-refractivity contribution in [1.82, 2.24) is 4.98 Å². The number of hydrogen-bond acceptors (Lipinski definition) is 5. The van der Waals surface area contributed by atoms with Gasteiger partial charge in [-0.05, 0) is 40.2 Å². The summed E-state index contributed by atoms with van der Waals surface area (Å²) in [6.45, 7) is 0. The highest BCUT2D eigenvalue weighted by atomic mass is 79.9. The first-order chi connectivity index (χ1) is 9.83. The molecule has 1 aromatic heterocycles. The lowest BCUT2D eigenvalue weighted by Crippen LogP contribution is -2.15. The third-order valence-electron chi connectivity index (χ3n) is 2.48. The van der Waals surface area contributed by atoms with Crippen LogP contribution in [0, 0.1) is 11.3 Å². The minimum absolute atomic E-state index is 0.110. The first-order valence-corrected chi connectivity index (χ1v) is 8.12. The van der Waals surface area contributed by atoms with Gasteiger partial charge < -0.3 is 5.73 Å². The van der Waals surface area contributed by atoms with Crippen LogP contribution in [0.1, 0.15) is 5.56 Å². The van der Waals surface area contributed by atoms with E-state index >= 15 is 0 Å². The lowest BCUT2D eigenvalue weighted by Gasteiger charge is -2.11. The molecule has 2 aromatic rings. The summed E-state index contributed by atoms with van der Waals surface area (Å²) in [5.74, 6) is -0.129. The largest absolute Gasteiger partial charge is 0.383 e. The van der Waals surface area contributed by atoms with Crippen molar-refractivity contribution >= 4 is 49.1 Å². The van der Waals surface area contributed by atoms with E-state index in [-0.39, 0.29) is 21.4 Å². The molecular weight excluding hydrogens is 380 g/mol. The second-order valence-electron chi connectivity index (χ2n) is 3.95. The van der Waals surface area contributed by atoms with E-state index in [4.69, 9.17) is 22.6 Å². The smallest absolute Gasteiger partial charge is 0.265 e. The number of rotatable bonds is 3. The normalized spacial score (nSPS) is 10.9. The third kappa shape index (κ3) is 3.44. The van der Waals surface area contributed by atoms with Crippen molar-refractivity contribution < 1.29 is 8.42 Å². The Morgan fingerprint density at radius 1 is 1.38 bits per heavy atom. The zero-order valence-electron chi connectivity index (χ0n) is 10.3. The van der Waals surface area contributed by atoms with Crippen LogP contribution in [0.3, 0.4) is 0 Å². The van der Waals surface area contributed by atoms with E-state index in [1.54, 1.807) is 0 Å². The van der Waals surface area contributed by atoms with Crippen molar-refractivity contribution in [1.29, 1.82) is 5.26 Å². The number of nitrogens with one attached hydrogen (secondary N) is 1. The number of pyridine rings is 1. The molecule has 0 unspecified atom stereocenters. The zero-order valence-corrected chi connectivity index (χ0v) is 13.5. The average Bonchev–Trinajstić information content (AvgIpc) is 2.43. The van der Waals surface area contributed by atoms with Gasteiger partial charge in [0.2, 0.25) is 0 Å². The van der Waals surface area contributed by atoms with Crippen LogP contribution in [0.4, 0.5) is 11.5 Å². The molecule has 0 aliphatic carbocycles. The second kappa shape index (κ2) is 5.89. The lowest BCUT2D eigenvalue weighted by molar-refractivity contribution is 0.601. The van der Waals surface area contributed by atoms with E-state index in [1.165, 1.54) is 30.5 Å². The molecule has 0 saturated carbocycles. The van der Waals surface area contributed by atoms with Gasteiger partial charge in [-0.25, -0.2) is 13.4 Å². The minimum atomic E-state index is -3.94. The van der Waals surface area contributed by atoms with Crippen molar-refractivity contribution in [2.45, 2.75) is 4.90 Å². The van der Waals surface area contributed by atoms with E-state index in [2.05, 4.69) is 25.6 Å². The topological polar surface area (TPSA) is 109 Å². The number of nitrogens with zero attached hydrogens (tertiary/aromatic N) is 2. The highest BCUT2D eigenvalue weighted by Crippen LogP contribution is 2.27. The molecule has 108 valence electrons. The van der Waals surface area contributed by atoms with Crippen LogP contribution in [0.2, 0.25) is 5.02 Å². The Kier molecular flexibility index (Phi) is 4.37. The van der Waals surface area contributed by atoms with Crippen molar-refractivity contribution in [2.75, 3.05) is 10.5 Å². The number of nitrogens with two attached hydrogens (primary N) is 1. The summed E-state index contributed by atoms with van der Waals surface area (Å²) < 4.78 is 27.4. The minimum Gasteiger partial charge on any atom is -0.383 e. The quantitative estimate of drug-likeness (QED) is 0.841. The summed E-state index contributed by atoms with van der Waals surface area (Å²) >= 11 is 9.07. The molecule has 0 aliphatic heterocycles. The Morgan fingerprint density at radius 3 is 2.71 bits per heavy atom. The van der Waals surface area contributed by atoms with E-state index in [0.29, 0.717) is 10.0 Å². The summed E-state index contributed by atoms with van der Waals surface area (Å²) in [7, 11) is -3.94. The van der Waals surface area contributed by atoms with Crippen molar-refractivity contribution in [3.63, 3.8) is 0 Å². The number of sulfonamides is 1.